The summed E-state index contributed by atoms with van der Waals surface area (Å²) < 4.78 is 0. The Labute approximate surface area is 110 Å². The number of nitrogens with zero attached hydrogens (tertiary/aromatic N) is 2. The molecule has 6 heteroatoms. The minimum atomic E-state index is -0.725. The number of nitrogens with one attached hydrogen (secondary N) is 1. The van der Waals surface area contributed by atoms with E-state index in [1.807, 2.05) is 6.07 Å². The van der Waals surface area contributed by atoms with Crippen LogP contribution in [0.2, 0.25) is 0 Å². The molecule has 5 nitrogen and oxygen atoms in total. The van der Waals surface area contributed by atoms with Crippen molar-refractivity contribution in [2.45, 2.75) is 11.0 Å². The first-order valence-corrected chi connectivity index (χ1v) is 6.76. The third-order valence-electron chi connectivity index (χ3n) is 3.01. The Morgan fingerprint density at radius 1 is 1.50 bits per heavy atom. The third kappa shape index (κ3) is 2.07. The summed E-state index contributed by atoms with van der Waals surface area (Å²) in [7, 11) is 0. The summed E-state index contributed by atoms with van der Waals surface area (Å²) in [5.74, 6) is 0. The molecule has 0 amide bonds. The van der Waals surface area contributed by atoms with Crippen molar-refractivity contribution in [3.8, 4) is 0 Å². The van der Waals surface area contributed by atoms with E-state index in [9.17, 15) is 5.11 Å². The molecule has 96 valence electrons. The molecule has 0 aromatic heterocycles. The van der Waals surface area contributed by atoms with Gasteiger partial charge in [0.15, 0.2) is 5.17 Å². The van der Waals surface area contributed by atoms with Gasteiger partial charge in [0.25, 0.3) is 0 Å². The van der Waals surface area contributed by atoms with Crippen molar-refractivity contribution in [1.29, 1.82) is 0 Å². The SMILES string of the molecule is OCC(O)CNc1ccc2c(c1)N1CCN=C1S2. The maximum atomic E-state index is 9.32. The fourth-order valence-corrected chi connectivity index (χ4v) is 3.12. The standard InChI is InChI=1S/C12H15N3O2S/c16-7-9(17)6-14-8-1-2-11-10(5-8)15-4-3-13-12(15)18-11/h1-2,5,9,14,16-17H,3-4,6-7H2. The van der Waals surface area contributed by atoms with Crippen LogP contribution in [-0.4, -0.2) is 47.7 Å². The highest BCUT2D eigenvalue weighted by atomic mass is 32.2. The van der Waals surface area contributed by atoms with Crippen molar-refractivity contribution in [1.82, 2.24) is 0 Å². The largest absolute Gasteiger partial charge is 0.394 e. The first-order valence-electron chi connectivity index (χ1n) is 5.94. The Morgan fingerprint density at radius 3 is 3.22 bits per heavy atom. The second-order valence-electron chi connectivity index (χ2n) is 4.32. The molecule has 3 N–H and O–H groups in total. The van der Waals surface area contributed by atoms with Crippen molar-refractivity contribution in [2.75, 3.05) is 36.5 Å². The van der Waals surface area contributed by atoms with E-state index in [0.29, 0.717) is 6.54 Å². The topological polar surface area (TPSA) is 68.1 Å². The van der Waals surface area contributed by atoms with E-state index >= 15 is 0 Å². The van der Waals surface area contributed by atoms with Crippen molar-refractivity contribution in [2.24, 2.45) is 4.99 Å². The highest BCUT2D eigenvalue weighted by Gasteiger charge is 2.29. The number of rotatable bonds is 4. The molecular weight excluding hydrogens is 250 g/mol. The van der Waals surface area contributed by atoms with Gasteiger partial charge in [0, 0.05) is 23.7 Å². The van der Waals surface area contributed by atoms with Crippen LogP contribution in [0.15, 0.2) is 28.1 Å². The number of thioether (sulfide) groups is 1. The van der Waals surface area contributed by atoms with Gasteiger partial charge in [-0.25, -0.2) is 0 Å². The van der Waals surface area contributed by atoms with Crippen LogP contribution in [0.3, 0.4) is 0 Å². The van der Waals surface area contributed by atoms with Crippen LogP contribution < -0.4 is 10.2 Å². The number of amidine groups is 1. The van der Waals surface area contributed by atoms with Gasteiger partial charge in [-0.1, -0.05) is 0 Å². The van der Waals surface area contributed by atoms with Gasteiger partial charge in [0.1, 0.15) is 0 Å². The van der Waals surface area contributed by atoms with Gasteiger partial charge in [0.2, 0.25) is 0 Å². The Kier molecular flexibility index (Phi) is 3.15. The van der Waals surface area contributed by atoms with Gasteiger partial charge in [-0.2, -0.15) is 0 Å². The number of aliphatic imine (C=N–C) groups is 1. The fraction of sp³-hybridized carbons (Fsp3) is 0.417. The molecule has 1 unspecified atom stereocenters. The van der Waals surface area contributed by atoms with E-state index in [-0.39, 0.29) is 6.61 Å². The van der Waals surface area contributed by atoms with E-state index < -0.39 is 6.10 Å². The highest BCUT2D eigenvalue weighted by molar-refractivity contribution is 8.14. The minimum Gasteiger partial charge on any atom is -0.394 e. The van der Waals surface area contributed by atoms with Crippen LogP contribution in [0.25, 0.3) is 0 Å². The molecule has 3 rings (SSSR count). The Hall–Kier alpha value is -1.24. The van der Waals surface area contributed by atoms with Crippen molar-refractivity contribution in [3.05, 3.63) is 18.2 Å². The molecule has 0 spiro atoms. The van der Waals surface area contributed by atoms with E-state index in [4.69, 9.17) is 5.11 Å². The Balaban J connectivity index is 1.76. The molecule has 1 aromatic carbocycles. The van der Waals surface area contributed by atoms with E-state index in [1.54, 1.807) is 11.8 Å². The lowest BCUT2D eigenvalue weighted by Gasteiger charge is -2.15. The van der Waals surface area contributed by atoms with Gasteiger partial charge in [-0.05, 0) is 30.0 Å². The molecule has 0 aliphatic carbocycles. The zero-order valence-corrected chi connectivity index (χ0v) is 10.7. The number of aliphatic hydroxyl groups is 2. The van der Waals surface area contributed by atoms with Crippen LogP contribution in [0.5, 0.6) is 0 Å². The normalized spacial score (nSPS) is 18.3. The van der Waals surface area contributed by atoms with Crippen LogP contribution in [0.1, 0.15) is 0 Å². The summed E-state index contributed by atoms with van der Waals surface area (Å²) in [6.45, 7) is 1.93. The molecule has 1 atom stereocenters. The van der Waals surface area contributed by atoms with E-state index in [1.165, 1.54) is 10.6 Å². The summed E-state index contributed by atoms with van der Waals surface area (Å²) in [6.07, 6.45) is -0.725. The smallest absolute Gasteiger partial charge is 0.168 e. The average Bonchev–Trinajstić information content (AvgIpc) is 2.96. The van der Waals surface area contributed by atoms with Gasteiger partial charge in [0.05, 0.1) is 24.9 Å². The van der Waals surface area contributed by atoms with E-state index in [2.05, 4.69) is 27.3 Å². The summed E-state index contributed by atoms with van der Waals surface area (Å²) in [5, 5.41) is 22.3. The molecule has 0 saturated carbocycles. The molecule has 0 fully saturated rings. The number of hydrogen-bond donors (Lipinski definition) is 3. The summed E-state index contributed by atoms with van der Waals surface area (Å²) in [5.41, 5.74) is 2.13. The lowest BCUT2D eigenvalue weighted by atomic mass is 10.2. The maximum Gasteiger partial charge on any atom is 0.168 e. The maximum absolute atomic E-state index is 9.32. The second kappa shape index (κ2) is 4.79. The molecule has 18 heavy (non-hydrogen) atoms. The lowest BCUT2D eigenvalue weighted by molar-refractivity contribution is 0.105. The summed E-state index contributed by atoms with van der Waals surface area (Å²) >= 11 is 1.70. The van der Waals surface area contributed by atoms with Crippen molar-refractivity contribution < 1.29 is 10.2 Å². The molecule has 0 radical (unpaired) electrons. The fourth-order valence-electron chi connectivity index (χ4n) is 2.06. The number of hydrogen-bond acceptors (Lipinski definition) is 6. The molecular formula is C12H15N3O2S. The van der Waals surface area contributed by atoms with Gasteiger partial charge < -0.3 is 20.4 Å². The second-order valence-corrected chi connectivity index (χ2v) is 5.33. The summed E-state index contributed by atoms with van der Waals surface area (Å²) in [4.78, 5) is 7.88. The number of fused-ring (bicyclic) bond motifs is 3. The first-order chi connectivity index (χ1) is 8.78. The lowest BCUT2D eigenvalue weighted by Crippen LogP contribution is -2.23. The molecule has 2 aliphatic heterocycles. The monoisotopic (exact) mass is 265 g/mol. The Bertz CT molecular complexity index is 492. The van der Waals surface area contributed by atoms with Crippen molar-refractivity contribution in [3.63, 3.8) is 0 Å². The van der Waals surface area contributed by atoms with Crippen LogP contribution in [-0.2, 0) is 0 Å². The van der Waals surface area contributed by atoms with Gasteiger partial charge in [-0.3, -0.25) is 4.99 Å². The highest BCUT2D eigenvalue weighted by Crippen LogP contribution is 2.43. The van der Waals surface area contributed by atoms with Gasteiger partial charge in [-0.15, -0.1) is 0 Å². The third-order valence-corrected chi connectivity index (χ3v) is 4.10. The number of anilines is 2. The molecule has 1 aromatic rings. The van der Waals surface area contributed by atoms with Crippen molar-refractivity contribution >= 4 is 28.3 Å². The van der Waals surface area contributed by atoms with E-state index in [0.717, 1.165) is 23.9 Å². The predicted octanol–water partition coefficient (Wildman–Crippen LogP) is 0.733. The Morgan fingerprint density at radius 2 is 2.39 bits per heavy atom. The van der Waals surface area contributed by atoms with Crippen LogP contribution in [0.4, 0.5) is 11.4 Å². The minimum absolute atomic E-state index is 0.225. The van der Waals surface area contributed by atoms with Gasteiger partial charge >= 0.3 is 0 Å². The molecule has 0 saturated heterocycles. The molecule has 0 bridgehead atoms. The molecule has 2 aliphatic rings. The molecule has 2 heterocycles. The predicted molar refractivity (Wildman–Crippen MR) is 73.5 cm³/mol. The average molecular weight is 265 g/mol. The zero-order chi connectivity index (χ0) is 12.5. The number of aliphatic hydroxyl groups excluding tert-OH is 2. The van der Waals surface area contributed by atoms with Crippen LogP contribution in [0, 0.1) is 0 Å². The number of benzene rings is 1. The van der Waals surface area contributed by atoms with Crippen LogP contribution >= 0.6 is 11.8 Å². The zero-order valence-electron chi connectivity index (χ0n) is 9.83. The first kappa shape index (κ1) is 11.8. The summed E-state index contributed by atoms with van der Waals surface area (Å²) in [6, 6.07) is 6.12. The quantitative estimate of drug-likeness (QED) is 0.749.